The van der Waals surface area contributed by atoms with Crippen LogP contribution in [-0.4, -0.2) is 15.7 Å². The summed E-state index contributed by atoms with van der Waals surface area (Å²) < 4.78 is 29.0. The summed E-state index contributed by atoms with van der Waals surface area (Å²) in [7, 11) is 0. The highest BCUT2D eigenvalue weighted by Crippen LogP contribution is 2.17. The van der Waals surface area contributed by atoms with Gasteiger partial charge in [0.15, 0.2) is 5.69 Å². The lowest BCUT2D eigenvalue weighted by Crippen LogP contribution is -2.27. The Kier molecular flexibility index (Phi) is 4.62. The van der Waals surface area contributed by atoms with E-state index in [4.69, 9.17) is 0 Å². The molecule has 0 fully saturated rings. The molecule has 7 heteroatoms. The van der Waals surface area contributed by atoms with E-state index < -0.39 is 28.7 Å². The van der Waals surface area contributed by atoms with Gasteiger partial charge in [0.2, 0.25) is 5.43 Å². The average molecular weight is 355 g/mol. The van der Waals surface area contributed by atoms with Crippen molar-refractivity contribution in [2.24, 2.45) is 0 Å². The number of rotatable bonds is 3. The van der Waals surface area contributed by atoms with Crippen LogP contribution in [0.4, 0.5) is 14.5 Å². The van der Waals surface area contributed by atoms with Crippen molar-refractivity contribution in [1.82, 2.24) is 9.78 Å². The topological polar surface area (TPSA) is 64.0 Å². The predicted octanol–water partition coefficient (Wildman–Crippen LogP) is 3.38. The molecule has 0 spiro atoms. The molecule has 0 aliphatic rings. The first-order chi connectivity index (χ1) is 12.4. The van der Waals surface area contributed by atoms with Crippen LogP contribution in [0.2, 0.25) is 0 Å². The van der Waals surface area contributed by atoms with E-state index in [1.807, 2.05) is 0 Å². The van der Waals surface area contributed by atoms with Crippen LogP contribution in [0, 0.1) is 25.5 Å². The summed E-state index contributed by atoms with van der Waals surface area (Å²) in [4.78, 5) is 24.6. The number of carbonyl (C=O) groups is 1. The molecule has 0 saturated heterocycles. The lowest BCUT2D eigenvalue weighted by molar-refractivity contribution is 0.101. The molecule has 1 amide bonds. The van der Waals surface area contributed by atoms with Crippen LogP contribution in [0.1, 0.15) is 21.7 Å². The average Bonchev–Trinajstić information content (AvgIpc) is 2.59. The van der Waals surface area contributed by atoms with Crippen molar-refractivity contribution in [3.63, 3.8) is 0 Å². The van der Waals surface area contributed by atoms with Crippen LogP contribution >= 0.6 is 0 Å². The Bertz CT molecular complexity index is 1060. The summed E-state index contributed by atoms with van der Waals surface area (Å²) in [5.41, 5.74) is 0.0381. The first kappa shape index (κ1) is 17.5. The highest BCUT2D eigenvalue weighted by molar-refractivity contribution is 6.02. The van der Waals surface area contributed by atoms with Gasteiger partial charge in [-0.15, -0.1) is 0 Å². The zero-order chi connectivity index (χ0) is 18.8. The fraction of sp³-hybridized carbons (Fsp3) is 0.105. The molecule has 0 radical (unpaired) electrons. The molecule has 0 aliphatic heterocycles. The third kappa shape index (κ3) is 3.37. The van der Waals surface area contributed by atoms with Gasteiger partial charge < -0.3 is 5.32 Å². The lowest BCUT2D eigenvalue weighted by atomic mass is 10.2. The second-order valence-electron chi connectivity index (χ2n) is 5.80. The minimum Gasteiger partial charge on any atom is -0.318 e. The van der Waals surface area contributed by atoms with Gasteiger partial charge in [0.1, 0.15) is 17.3 Å². The van der Waals surface area contributed by atoms with Crippen molar-refractivity contribution < 1.29 is 13.6 Å². The molecule has 0 aliphatic carbocycles. The molecule has 0 saturated carbocycles. The number of amides is 1. The van der Waals surface area contributed by atoms with E-state index in [-0.39, 0.29) is 11.4 Å². The molecule has 0 atom stereocenters. The largest absolute Gasteiger partial charge is 0.318 e. The summed E-state index contributed by atoms with van der Waals surface area (Å²) in [6.45, 7) is 3.31. The summed E-state index contributed by atoms with van der Waals surface area (Å²) in [5, 5.41) is 6.32. The molecular weight excluding hydrogens is 340 g/mol. The molecular formula is C19H15F2N3O2. The minimum absolute atomic E-state index is 0.0609. The molecule has 1 N–H and O–H groups in total. The SMILES string of the molecule is Cc1ccc(F)c(NC(=O)c2nn(-c3ccccc3F)c(C)cc2=O)c1. The van der Waals surface area contributed by atoms with E-state index in [2.05, 4.69) is 10.4 Å². The summed E-state index contributed by atoms with van der Waals surface area (Å²) >= 11 is 0. The van der Waals surface area contributed by atoms with Gasteiger partial charge in [-0.25, -0.2) is 13.5 Å². The number of hydrogen-bond donors (Lipinski definition) is 1. The summed E-state index contributed by atoms with van der Waals surface area (Å²) in [5.74, 6) is -2.06. The van der Waals surface area contributed by atoms with E-state index in [1.165, 1.54) is 36.4 Å². The first-order valence-electron chi connectivity index (χ1n) is 7.80. The van der Waals surface area contributed by atoms with Crippen molar-refractivity contribution in [3.8, 4) is 5.69 Å². The zero-order valence-electron chi connectivity index (χ0n) is 14.1. The molecule has 0 bridgehead atoms. The number of hydrogen-bond acceptors (Lipinski definition) is 3. The first-order valence-corrected chi connectivity index (χ1v) is 7.80. The van der Waals surface area contributed by atoms with E-state index in [1.54, 1.807) is 26.0 Å². The van der Waals surface area contributed by atoms with Crippen LogP contribution in [-0.2, 0) is 0 Å². The van der Waals surface area contributed by atoms with Crippen LogP contribution in [0.15, 0.2) is 53.3 Å². The molecule has 2 aromatic carbocycles. The Morgan fingerprint density at radius 2 is 1.77 bits per heavy atom. The fourth-order valence-electron chi connectivity index (χ4n) is 2.49. The third-order valence-corrected chi connectivity index (χ3v) is 3.77. The third-order valence-electron chi connectivity index (χ3n) is 3.77. The highest BCUT2D eigenvalue weighted by Gasteiger charge is 2.18. The number of carbonyl (C=O) groups excluding carboxylic acids is 1. The molecule has 26 heavy (non-hydrogen) atoms. The van der Waals surface area contributed by atoms with Crippen molar-refractivity contribution in [2.45, 2.75) is 13.8 Å². The lowest BCUT2D eigenvalue weighted by Gasteiger charge is -2.12. The van der Waals surface area contributed by atoms with Crippen molar-refractivity contribution in [1.29, 1.82) is 0 Å². The maximum Gasteiger partial charge on any atom is 0.280 e. The van der Waals surface area contributed by atoms with E-state index >= 15 is 0 Å². The summed E-state index contributed by atoms with van der Waals surface area (Å²) in [6, 6.07) is 11.2. The maximum atomic E-state index is 14.0. The van der Waals surface area contributed by atoms with E-state index in [0.717, 1.165) is 10.2 Å². The van der Waals surface area contributed by atoms with Gasteiger partial charge in [-0.05, 0) is 43.7 Å². The van der Waals surface area contributed by atoms with Crippen LogP contribution in [0.25, 0.3) is 5.69 Å². The molecule has 0 unspecified atom stereocenters. The number of anilines is 1. The highest BCUT2D eigenvalue weighted by atomic mass is 19.1. The van der Waals surface area contributed by atoms with Crippen LogP contribution in [0.5, 0.6) is 0 Å². The predicted molar refractivity (Wildman–Crippen MR) is 93.6 cm³/mol. The Morgan fingerprint density at radius 1 is 1.04 bits per heavy atom. The number of halogens is 2. The van der Waals surface area contributed by atoms with Crippen LogP contribution < -0.4 is 10.7 Å². The number of nitrogens with zero attached hydrogens (tertiary/aromatic N) is 2. The zero-order valence-corrected chi connectivity index (χ0v) is 14.1. The summed E-state index contributed by atoms with van der Waals surface area (Å²) in [6.07, 6.45) is 0. The Labute approximate surface area is 147 Å². The smallest absolute Gasteiger partial charge is 0.280 e. The molecule has 5 nitrogen and oxygen atoms in total. The van der Waals surface area contributed by atoms with Gasteiger partial charge in [-0.2, -0.15) is 5.10 Å². The van der Waals surface area contributed by atoms with Crippen molar-refractivity contribution in [2.75, 3.05) is 5.32 Å². The fourth-order valence-corrected chi connectivity index (χ4v) is 2.49. The molecule has 3 rings (SSSR count). The van der Waals surface area contributed by atoms with Crippen molar-refractivity contribution >= 4 is 11.6 Å². The Morgan fingerprint density at radius 3 is 2.50 bits per heavy atom. The molecule has 1 heterocycles. The maximum absolute atomic E-state index is 14.0. The monoisotopic (exact) mass is 355 g/mol. The number of nitrogens with one attached hydrogen (secondary N) is 1. The van der Waals surface area contributed by atoms with Crippen molar-refractivity contribution in [3.05, 3.63) is 87.3 Å². The van der Waals surface area contributed by atoms with Gasteiger partial charge in [-0.3, -0.25) is 9.59 Å². The minimum atomic E-state index is -0.871. The normalized spacial score (nSPS) is 10.6. The van der Waals surface area contributed by atoms with Gasteiger partial charge in [0.05, 0.1) is 5.69 Å². The number of aryl methyl sites for hydroxylation is 2. The molecule has 3 aromatic rings. The van der Waals surface area contributed by atoms with E-state index in [9.17, 15) is 18.4 Å². The molecule has 132 valence electrons. The Hall–Kier alpha value is -3.35. The standard InChI is InChI=1S/C19H15F2N3O2/c1-11-7-8-13(20)15(9-11)22-19(26)18-17(25)10-12(2)24(23-18)16-6-4-3-5-14(16)21/h3-10H,1-2H3,(H,22,26). The number of benzene rings is 2. The second kappa shape index (κ2) is 6.87. The van der Waals surface area contributed by atoms with Crippen LogP contribution in [0.3, 0.4) is 0 Å². The second-order valence-corrected chi connectivity index (χ2v) is 5.80. The molecule has 1 aromatic heterocycles. The number of para-hydroxylation sites is 1. The number of aromatic nitrogens is 2. The van der Waals surface area contributed by atoms with Gasteiger partial charge >= 0.3 is 0 Å². The van der Waals surface area contributed by atoms with Gasteiger partial charge in [-0.1, -0.05) is 18.2 Å². The van der Waals surface area contributed by atoms with Gasteiger partial charge in [0, 0.05) is 11.8 Å². The quantitative estimate of drug-likeness (QED) is 0.783. The van der Waals surface area contributed by atoms with Gasteiger partial charge in [0.25, 0.3) is 5.91 Å². The van der Waals surface area contributed by atoms with E-state index in [0.29, 0.717) is 5.69 Å². The Balaban J connectivity index is 2.04.